The van der Waals surface area contributed by atoms with Crippen molar-refractivity contribution in [2.45, 2.75) is 0 Å². The molecule has 0 fully saturated rings. The fourth-order valence-corrected chi connectivity index (χ4v) is 2.41. The molecule has 0 radical (unpaired) electrons. The minimum absolute atomic E-state index is 0.208. The lowest BCUT2D eigenvalue weighted by atomic mass is 10.2. The van der Waals surface area contributed by atoms with Crippen LogP contribution in [0.15, 0.2) is 48.5 Å². The quantitative estimate of drug-likeness (QED) is 0.707. The molecule has 6 heteroatoms. The van der Waals surface area contributed by atoms with Gasteiger partial charge in [0.25, 0.3) is 0 Å². The molecule has 22 heavy (non-hydrogen) atoms. The zero-order chi connectivity index (χ0) is 15.5. The third-order valence-corrected chi connectivity index (χ3v) is 3.69. The average molecular weight is 332 g/mol. The van der Waals surface area contributed by atoms with Crippen molar-refractivity contribution in [1.82, 2.24) is 15.0 Å². The number of nitrogens with zero attached hydrogens (tertiary/aromatic N) is 3. The van der Waals surface area contributed by atoms with E-state index in [2.05, 4.69) is 15.0 Å². The molecular weight excluding hydrogens is 321 g/mol. The van der Waals surface area contributed by atoms with Gasteiger partial charge < -0.3 is 4.74 Å². The summed E-state index contributed by atoms with van der Waals surface area (Å²) in [5, 5.41) is 1.11. The number of aromatic nitrogens is 3. The number of methoxy groups -OCH3 is 1. The Morgan fingerprint density at radius 1 is 0.727 bits per heavy atom. The molecule has 0 amide bonds. The van der Waals surface area contributed by atoms with Gasteiger partial charge in [0.2, 0.25) is 0 Å². The summed E-state index contributed by atoms with van der Waals surface area (Å²) in [6.07, 6.45) is 0. The van der Waals surface area contributed by atoms with E-state index in [1.54, 1.807) is 12.1 Å². The van der Waals surface area contributed by atoms with E-state index >= 15 is 0 Å². The van der Waals surface area contributed by atoms with Gasteiger partial charge in [-0.15, -0.1) is 0 Å². The van der Waals surface area contributed by atoms with Gasteiger partial charge in [0.1, 0.15) is 0 Å². The van der Waals surface area contributed by atoms with Crippen molar-refractivity contribution in [3.63, 3.8) is 0 Å². The van der Waals surface area contributed by atoms with Crippen molar-refractivity contribution in [1.29, 1.82) is 0 Å². The highest BCUT2D eigenvalue weighted by atomic mass is 35.5. The largest absolute Gasteiger partial charge is 0.467 e. The lowest BCUT2D eigenvalue weighted by Gasteiger charge is -2.08. The zero-order valence-electron chi connectivity index (χ0n) is 11.6. The molecule has 0 unspecified atom stereocenters. The first-order valence-electron chi connectivity index (χ1n) is 6.49. The van der Waals surface area contributed by atoms with Crippen LogP contribution in [0.5, 0.6) is 6.01 Å². The summed E-state index contributed by atoms with van der Waals surface area (Å²) in [7, 11) is 1.50. The Kier molecular flexibility index (Phi) is 4.22. The number of hydrogen-bond donors (Lipinski definition) is 0. The number of ether oxygens (including phenoxy) is 1. The summed E-state index contributed by atoms with van der Waals surface area (Å²) in [5.41, 5.74) is 1.41. The van der Waals surface area contributed by atoms with E-state index in [1.165, 1.54) is 7.11 Å². The normalized spacial score (nSPS) is 10.5. The van der Waals surface area contributed by atoms with Crippen LogP contribution in [0, 0.1) is 0 Å². The maximum absolute atomic E-state index is 6.22. The van der Waals surface area contributed by atoms with Gasteiger partial charge in [0, 0.05) is 11.1 Å². The van der Waals surface area contributed by atoms with Gasteiger partial charge in [-0.3, -0.25) is 0 Å². The Balaban J connectivity index is 2.20. The number of halogens is 2. The molecule has 1 heterocycles. The highest BCUT2D eigenvalue weighted by Crippen LogP contribution is 2.30. The van der Waals surface area contributed by atoms with Crippen molar-refractivity contribution < 1.29 is 4.74 Å². The molecule has 1 aromatic heterocycles. The van der Waals surface area contributed by atoms with Crippen LogP contribution < -0.4 is 4.74 Å². The molecule has 2 aromatic carbocycles. The summed E-state index contributed by atoms with van der Waals surface area (Å²) < 4.78 is 5.17. The van der Waals surface area contributed by atoms with Crippen LogP contribution in [0.3, 0.4) is 0 Å². The first kappa shape index (κ1) is 14.8. The highest BCUT2D eigenvalue weighted by Gasteiger charge is 2.14. The Morgan fingerprint density at radius 2 is 1.18 bits per heavy atom. The second-order valence-electron chi connectivity index (χ2n) is 4.43. The maximum atomic E-state index is 6.22. The molecule has 0 aliphatic heterocycles. The smallest absolute Gasteiger partial charge is 0.320 e. The molecular formula is C16H11Cl2N3O. The van der Waals surface area contributed by atoms with Crippen molar-refractivity contribution in [2.24, 2.45) is 0 Å². The lowest BCUT2D eigenvalue weighted by molar-refractivity contribution is 0.379. The molecule has 3 aromatic rings. The number of hydrogen-bond acceptors (Lipinski definition) is 4. The minimum atomic E-state index is 0.208. The molecule has 0 spiro atoms. The third-order valence-electron chi connectivity index (χ3n) is 3.03. The molecule has 0 atom stereocenters. The number of benzene rings is 2. The van der Waals surface area contributed by atoms with E-state index in [-0.39, 0.29) is 6.01 Å². The van der Waals surface area contributed by atoms with Crippen LogP contribution in [0.2, 0.25) is 10.0 Å². The van der Waals surface area contributed by atoms with E-state index in [4.69, 9.17) is 27.9 Å². The third kappa shape index (κ3) is 2.89. The monoisotopic (exact) mass is 331 g/mol. The summed E-state index contributed by atoms with van der Waals surface area (Å²) in [4.78, 5) is 13.0. The van der Waals surface area contributed by atoms with Crippen LogP contribution in [-0.2, 0) is 0 Å². The molecule has 110 valence electrons. The molecule has 0 bridgehead atoms. The minimum Gasteiger partial charge on any atom is -0.467 e. The Hall–Kier alpha value is -2.17. The van der Waals surface area contributed by atoms with E-state index in [9.17, 15) is 0 Å². The van der Waals surface area contributed by atoms with E-state index in [0.717, 1.165) is 0 Å². The fraction of sp³-hybridized carbons (Fsp3) is 0.0625. The summed E-state index contributed by atoms with van der Waals surface area (Å²) in [6.45, 7) is 0. The van der Waals surface area contributed by atoms with Crippen molar-refractivity contribution >= 4 is 23.2 Å². The Bertz CT molecular complexity index is 760. The summed E-state index contributed by atoms with van der Waals surface area (Å²) in [5.74, 6) is 0.875. The molecule has 0 saturated heterocycles. The van der Waals surface area contributed by atoms with Gasteiger partial charge in [-0.2, -0.15) is 9.97 Å². The predicted molar refractivity (Wildman–Crippen MR) is 87.3 cm³/mol. The van der Waals surface area contributed by atoms with Crippen LogP contribution in [-0.4, -0.2) is 22.1 Å². The van der Waals surface area contributed by atoms with Gasteiger partial charge in [-0.1, -0.05) is 47.5 Å². The summed E-state index contributed by atoms with van der Waals surface area (Å²) >= 11 is 12.4. The van der Waals surface area contributed by atoms with Gasteiger partial charge in [-0.05, 0) is 24.3 Å². The lowest BCUT2D eigenvalue weighted by Crippen LogP contribution is -2.01. The van der Waals surface area contributed by atoms with Crippen molar-refractivity contribution in [2.75, 3.05) is 7.11 Å². The second kappa shape index (κ2) is 6.30. The maximum Gasteiger partial charge on any atom is 0.320 e. The van der Waals surface area contributed by atoms with Crippen molar-refractivity contribution in [3.8, 4) is 28.8 Å². The molecule has 0 aliphatic rings. The van der Waals surface area contributed by atoms with Crippen LogP contribution in [0.25, 0.3) is 22.8 Å². The number of rotatable bonds is 3. The first-order chi connectivity index (χ1) is 10.7. The zero-order valence-corrected chi connectivity index (χ0v) is 13.1. The Morgan fingerprint density at radius 3 is 1.59 bits per heavy atom. The molecule has 0 saturated carbocycles. The van der Waals surface area contributed by atoms with Gasteiger partial charge in [0.15, 0.2) is 11.6 Å². The first-order valence-corrected chi connectivity index (χ1v) is 7.24. The molecule has 3 rings (SSSR count). The van der Waals surface area contributed by atoms with Gasteiger partial charge in [0.05, 0.1) is 17.2 Å². The summed E-state index contributed by atoms with van der Waals surface area (Å²) in [6, 6.07) is 14.9. The van der Waals surface area contributed by atoms with E-state index in [1.807, 2.05) is 36.4 Å². The van der Waals surface area contributed by atoms with E-state index < -0.39 is 0 Å². The molecule has 0 N–H and O–H groups in total. The van der Waals surface area contributed by atoms with Crippen LogP contribution in [0.1, 0.15) is 0 Å². The van der Waals surface area contributed by atoms with Crippen LogP contribution >= 0.6 is 23.2 Å². The molecule has 0 aliphatic carbocycles. The topological polar surface area (TPSA) is 47.9 Å². The standard InChI is InChI=1S/C16H11Cl2N3O/c1-22-16-20-14(10-6-2-4-8-12(10)17)19-15(21-16)11-7-3-5-9-13(11)18/h2-9H,1H3. The van der Waals surface area contributed by atoms with Gasteiger partial charge >= 0.3 is 6.01 Å². The second-order valence-corrected chi connectivity index (χ2v) is 5.24. The predicted octanol–water partition coefficient (Wildman–Crippen LogP) is 4.52. The van der Waals surface area contributed by atoms with Crippen LogP contribution in [0.4, 0.5) is 0 Å². The van der Waals surface area contributed by atoms with E-state index in [0.29, 0.717) is 32.8 Å². The fourth-order valence-electron chi connectivity index (χ4n) is 1.97. The highest BCUT2D eigenvalue weighted by molar-refractivity contribution is 6.33. The van der Waals surface area contributed by atoms with Crippen molar-refractivity contribution in [3.05, 3.63) is 58.6 Å². The average Bonchev–Trinajstić information content (AvgIpc) is 2.55. The van der Waals surface area contributed by atoms with Gasteiger partial charge in [-0.25, -0.2) is 4.98 Å². The molecule has 4 nitrogen and oxygen atoms in total. The Labute approximate surface area is 137 Å². The SMILES string of the molecule is COc1nc(-c2ccccc2Cl)nc(-c2ccccc2Cl)n1.